The Morgan fingerprint density at radius 1 is 1.07 bits per heavy atom. The molecule has 2 N–H and O–H groups in total. The molecule has 1 saturated heterocycles. The number of hydrogen-bond donors (Lipinski definition) is 2. The van der Waals surface area contributed by atoms with E-state index in [9.17, 15) is 4.79 Å². The standard InChI is InChI=1S/C23H25N3OS2/c27-22(24-17-5-7-18(8-6-17)25-11-1-2-12-25)16-26-13-9-20-19(10-15-29-20)23(26)21-4-3-14-28-21/h3-8,10,14-15,23H,1-2,9,11-13,16H2,(H,24,27)/p+1/t23-/m0/s1. The van der Waals surface area contributed by atoms with Gasteiger partial charge >= 0.3 is 0 Å². The van der Waals surface area contributed by atoms with Crippen LogP contribution < -0.4 is 15.1 Å². The van der Waals surface area contributed by atoms with E-state index in [1.165, 1.54) is 38.7 Å². The van der Waals surface area contributed by atoms with Gasteiger partial charge in [0.25, 0.3) is 5.91 Å². The van der Waals surface area contributed by atoms with Gasteiger partial charge in [0.2, 0.25) is 0 Å². The second-order valence-corrected chi connectivity index (χ2v) is 9.85. The monoisotopic (exact) mass is 424 g/mol. The van der Waals surface area contributed by atoms with E-state index in [0.29, 0.717) is 6.54 Å². The maximum absolute atomic E-state index is 12.9. The smallest absolute Gasteiger partial charge is 0.279 e. The molecule has 2 aromatic heterocycles. The lowest BCUT2D eigenvalue weighted by Crippen LogP contribution is -3.14. The van der Waals surface area contributed by atoms with Crippen molar-refractivity contribution in [2.75, 3.05) is 36.4 Å². The number of thiophene rings is 2. The second-order valence-electron chi connectivity index (χ2n) is 7.87. The third-order valence-electron chi connectivity index (χ3n) is 6.01. The lowest BCUT2D eigenvalue weighted by atomic mass is 9.98. The van der Waals surface area contributed by atoms with Crippen molar-refractivity contribution in [3.63, 3.8) is 0 Å². The van der Waals surface area contributed by atoms with Crippen molar-refractivity contribution in [2.45, 2.75) is 25.3 Å². The van der Waals surface area contributed by atoms with Crippen LogP contribution in [-0.2, 0) is 11.2 Å². The average Bonchev–Trinajstić information content (AvgIpc) is 3.50. The van der Waals surface area contributed by atoms with E-state index in [2.05, 4.69) is 51.3 Å². The first-order valence-electron chi connectivity index (χ1n) is 10.4. The molecule has 2 aliphatic heterocycles. The third-order valence-corrected chi connectivity index (χ3v) is 7.94. The Bertz CT molecular complexity index is 958. The van der Waals surface area contributed by atoms with Gasteiger partial charge in [0.15, 0.2) is 6.54 Å². The summed E-state index contributed by atoms with van der Waals surface area (Å²) in [4.78, 5) is 19.4. The van der Waals surface area contributed by atoms with E-state index in [1.54, 1.807) is 11.3 Å². The van der Waals surface area contributed by atoms with Crippen LogP contribution in [0.5, 0.6) is 0 Å². The van der Waals surface area contributed by atoms with E-state index in [0.717, 1.165) is 31.7 Å². The van der Waals surface area contributed by atoms with Crippen molar-refractivity contribution in [3.8, 4) is 0 Å². The molecule has 0 aliphatic carbocycles. The minimum Gasteiger partial charge on any atom is -0.372 e. The molecule has 29 heavy (non-hydrogen) atoms. The Kier molecular flexibility index (Phi) is 5.40. The van der Waals surface area contributed by atoms with E-state index >= 15 is 0 Å². The minimum atomic E-state index is 0.0918. The largest absolute Gasteiger partial charge is 0.372 e. The first kappa shape index (κ1) is 18.9. The lowest BCUT2D eigenvalue weighted by molar-refractivity contribution is -0.919. The van der Waals surface area contributed by atoms with Gasteiger partial charge in [-0.05, 0) is 60.0 Å². The van der Waals surface area contributed by atoms with Gasteiger partial charge in [-0.1, -0.05) is 6.07 Å². The summed E-state index contributed by atoms with van der Waals surface area (Å²) in [6.45, 7) is 3.76. The van der Waals surface area contributed by atoms with Crippen molar-refractivity contribution in [1.82, 2.24) is 0 Å². The van der Waals surface area contributed by atoms with Crippen LogP contribution in [0.4, 0.5) is 11.4 Å². The van der Waals surface area contributed by atoms with Gasteiger partial charge in [-0.3, -0.25) is 4.79 Å². The van der Waals surface area contributed by atoms with Crippen LogP contribution in [0.3, 0.4) is 0 Å². The molecule has 1 fully saturated rings. The highest BCUT2D eigenvalue weighted by molar-refractivity contribution is 7.10. The number of carbonyl (C=O) groups is 1. The normalized spacial score (nSPS) is 21.2. The fraction of sp³-hybridized carbons (Fsp3) is 0.348. The molecule has 1 amide bonds. The number of hydrogen-bond acceptors (Lipinski definition) is 4. The Labute approximate surface area is 179 Å². The zero-order chi connectivity index (χ0) is 19.6. The molecule has 0 radical (unpaired) electrons. The fourth-order valence-electron chi connectivity index (χ4n) is 4.59. The number of nitrogens with one attached hydrogen (secondary N) is 2. The van der Waals surface area contributed by atoms with Crippen LogP contribution in [0.1, 0.15) is 34.2 Å². The van der Waals surface area contributed by atoms with Crippen LogP contribution in [0.15, 0.2) is 53.2 Å². The van der Waals surface area contributed by atoms with Crippen molar-refractivity contribution in [3.05, 3.63) is 68.5 Å². The lowest BCUT2D eigenvalue weighted by Gasteiger charge is -2.31. The van der Waals surface area contributed by atoms with Gasteiger partial charge in [-0.25, -0.2) is 0 Å². The van der Waals surface area contributed by atoms with Gasteiger partial charge in [-0.2, -0.15) is 0 Å². The molecule has 0 saturated carbocycles. The molecule has 6 heteroatoms. The molecule has 4 nitrogen and oxygen atoms in total. The van der Waals surface area contributed by atoms with Crippen LogP contribution in [-0.4, -0.2) is 32.1 Å². The van der Waals surface area contributed by atoms with Gasteiger partial charge in [0.1, 0.15) is 6.04 Å². The van der Waals surface area contributed by atoms with Gasteiger partial charge in [-0.15, -0.1) is 22.7 Å². The SMILES string of the molecule is O=C(C[NH+]1CCc2sccc2[C@H]1c1cccs1)Nc1ccc(N2CCCC2)cc1. The Morgan fingerprint density at radius 3 is 2.66 bits per heavy atom. The summed E-state index contributed by atoms with van der Waals surface area (Å²) in [5.41, 5.74) is 3.55. The highest BCUT2D eigenvalue weighted by Crippen LogP contribution is 2.31. The Balaban J connectivity index is 1.27. The summed E-state index contributed by atoms with van der Waals surface area (Å²) in [5, 5.41) is 7.44. The zero-order valence-electron chi connectivity index (χ0n) is 16.4. The predicted molar refractivity (Wildman–Crippen MR) is 121 cm³/mol. The highest BCUT2D eigenvalue weighted by Gasteiger charge is 2.35. The van der Waals surface area contributed by atoms with Gasteiger partial charge in [0, 0.05) is 41.3 Å². The molecule has 1 aromatic carbocycles. The minimum absolute atomic E-state index is 0.0918. The molecule has 1 unspecified atom stereocenters. The van der Waals surface area contributed by atoms with E-state index in [1.807, 2.05) is 23.5 Å². The number of fused-ring (bicyclic) bond motifs is 1. The molecule has 0 spiro atoms. The number of nitrogens with zero attached hydrogens (tertiary/aromatic N) is 1. The van der Waals surface area contributed by atoms with Crippen LogP contribution in [0.25, 0.3) is 0 Å². The summed E-state index contributed by atoms with van der Waals surface area (Å²) in [6.07, 6.45) is 3.60. The number of rotatable bonds is 5. The highest BCUT2D eigenvalue weighted by atomic mass is 32.1. The summed E-state index contributed by atoms with van der Waals surface area (Å²) < 4.78 is 0. The number of carbonyl (C=O) groups excluding carboxylic acids is 1. The number of quaternary nitrogens is 1. The zero-order valence-corrected chi connectivity index (χ0v) is 18.0. The maximum Gasteiger partial charge on any atom is 0.279 e. The van der Waals surface area contributed by atoms with Crippen molar-refractivity contribution >= 4 is 40.0 Å². The summed E-state index contributed by atoms with van der Waals surface area (Å²) in [7, 11) is 0. The van der Waals surface area contributed by atoms with E-state index in [-0.39, 0.29) is 11.9 Å². The van der Waals surface area contributed by atoms with E-state index in [4.69, 9.17) is 0 Å². The first-order valence-corrected chi connectivity index (χ1v) is 12.1. The molecular formula is C23H26N3OS2+. The summed E-state index contributed by atoms with van der Waals surface area (Å²) in [6, 6.07) is 15.2. The van der Waals surface area contributed by atoms with Crippen LogP contribution in [0, 0.1) is 0 Å². The quantitative estimate of drug-likeness (QED) is 0.657. The summed E-state index contributed by atoms with van der Waals surface area (Å²) >= 11 is 3.64. The molecule has 2 aliphatic rings. The van der Waals surface area contributed by atoms with Crippen LogP contribution in [0.2, 0.25) is 0 Å². The average molecular weight is 425 g/mol. The number of anilines is 2. The number of benzene rings is 1. The molecule has 4 heterocycles. The Hall–Kier alpha value is -2.15. The molecule has 150 valence electrons. The molecule has 0 bridgehead atoms. The topological polar surface area (TPSA) is 36.8 Å². The van der Waals surface area contributed by atoms with Gasteiger partial charge < -0.3 is 15.1 Å². The van der Waals surface area contributed by atoms with Crippen molar-refractivity contribution in [2.24, 2.45) is 0 Å². The third kappa shape index (κ3) is 3.97. The predicted octanol–water partition coefficient (Wildman–Crippen LogP) is 3.58. The second kappa shape index (κ2) is 8.30. The summed E-state index contributed by atoms with van der Waals surface area (Å²) in [5.74, 6) is 0.0918. The van der Waals surface area contributed by atoms with Crippen LogP contribution >= 0.6 is 22.7 Å². The first-order chi connectivity index (χ1) is 14.3. The fourth-order valence-corrected chi connectivity index (χ4v) is 6.41. The van der Waals surface area contributed by atoms with Crippen molar-refractivity contribution < 1.29 is 9.69 Å². The molecule has 2 atom stereocenters. The molecule has 5 rings (SSSR count). The number of amides is 1. The van der Waals surface area contributed by atoms with E-state index < -0.39 is 0 Å². The van der Waals surface area contributed by atoms with Gasteiger partial charge in [0.05, 0.1) is 11.4 Å². The molecular weight excluding hydrogens is 398 g/mol. The molecule has 3 aromatic rings. The Morgan fingerprint density at radius 2 is 1.90 bits per heavy atom. The maximum atomic E-state index is 12.9. The van der Waals surface area contributed by atoms with Crippen molar-refractivity contribution in [1.29, 1.82) is 0 Å².